The Balaban J connectivity index is 2.09. The molecule has 0 aliphatic rings. The molecule has 1 atom stereocenters. The molecular weight excluding hydrogens is 240 g/mol. The van der Waals surface area contributed by atoms with E-state index in [-0.39, 0.29) is 6.03 Å². The molecule has 17 heavy (non-hydrogen) atoms. The molecule has 1 rings (SSSR count). The molecular formula is C11H18N2O3S. The van der Waals surface area contributed by atoms with Crippen molar-refractivity contribution in [2.45, 2.75) is 12.5 Å². The Labute approximate surface area is 105 Å². The molecule has 2 amide bonds. The quantitative estimate of drug-likeness (QED) is 0.642. The van der Waals surface area contributed by atoms with Gasteiger partial charge in [-0.2, -0.15) is 0 Å². The Hall–Kier alpha value is -1.11. The molecule has 1 aromatic rings. The van der Waals surface area contributed by atoms with Gasteiger partial charge in [-0.05, 0) is 17.9 Å². The second kappa shape index (κ2) is 8.05. The van der Waals surface area contributed by atoms with E-state index in [2.05, 4.69) is 10.6 Å². The summed E-state index contributed by atoms with van der Waals surface area (Å²) in [5.41, 5.74) is 0. The Morgan fingerprint density at radius 1 is 1.53 bits per heavy atom. The van der Waals surface area contributed by atoms with Crippen LogP contribution in [0.3, 0.4) is 0 Å². The van der Waals surface area contributed by atoms with Gasteiger partial charge >= 0.3 is 6.03 Å². The second-order valence-corrected chi connectivity index (χ2v) is 4.47. The molecule has 0 radical (unpaired) electrons. The lowest BCUT2D eigenvalue weighted by Crippen LogP contribution is -2.38. The van der Waals surface area contributed by atoms with Gasteiger partial charge in [0.1, 0.15) is 0 Å². The van der Waals surface area contributed by atoms with Crippen LogP contribution in [-0.4, -0.2) is 37.9 Å². The smallest absolute Gasteiger partial charge is 0.314 e. The zero-order chi connectivity index (χ0) is 12.5. The van der Waals surface area contributed by atoms with Gasteiger partial charge in [0.15, 0.2) is 0 Å². The molecule has 5 nitrogen and oxygen atoms in total. The highest BCUT2D eigenvalue weighted by Gasteiger charge is 2.08. The van der Waals surface area contributed by atoms with Crippen LogP contribution in [0.4, 0.5) is 4.79 Å². The fraction of sp³-hybridized carbons (Fsp3) is 0.545. The van der Waals surface area contributed by atoms with Crippen LogP contribution in [0, 0.1) is 0 Å². The van der Waals surface area contributed by atoms with Gasteiger partial charge in [0.2, 0.25) is 0 Å². The van der Waals surface area contributed by atoms with E-state index in [1.807, 2.05) is 17.5 Å². The van der Waals surface area contributed by atoms with Crippen LogP contribution < -0.4 is 10.6 Å². The van der Waals surface area contributed by atoms with E-state index < -0.39 is 6.10 Å². The Morgan fingerprint density at radius 2 is 2.29 bits per heavy atom. The van der Waals surface area contributed by atoms with Crippen molar-refractivity contribution >= 4 is 17.4 Å². The summed E-state index contributed by atoms with van der Waals surface area (Å²) in [6.07, 6.45) is 0.00681. The van der Waals surface area contributed by atoms with E-state index in [9.17, 15) is 9.90 Å². The lowest BCUT2D eigenvalue weighted by atomic mass is 10.2. The molecule has 0 fully saturated rings. The van der Waals surface area contributed by atoms with E-state index in [1.165, 1.54) is 11.3 Å². The minimum atomic E-state index is -0.505. The number of methoxy groups -OCH3 is 1. The predicted octanol–water partition coefficient (Wildman–Crippen LogP) is 1.12. The molecule has 1 heterocycles. The number of amides is 2. The Morgan fingerprint density at radius 3 is 2.94 bits per heavy atom. The highest BCUT2D eigenvalue weighted by molar-refractivity contribution is 7.10. The van der Waals surface area contributed by atoms with Gasteiger partial charge in [0.05, 0.1) is 12.7 Å². The van der Waals surface area contributed by atoms with Crippen LogP contribution in [0.15, 0.2) is 17.5 Å². The van der Waals surface area contributed by atoms with Crippen LogP contribution in [0.1, 0.15) is 17.4 Å². The Kier molecular flexibility index (Phi) is 6.61. The summed E-state index contributed by atoms with van der Waals surface area (Å²) in [6.45, 7) is 1.42. The monoisotopic (exact) mass is 258 g/mol. The third kappa shape index (κ3) is 5.67. The van der Waals surface area contributed by atoms with Crippen LogP contribution >= 0.6 is 11.3 Å². The second-order valence-electron chi connectivity index (χ2n) is 3.50. The van der Waals surface area contributed by atoms with E-state index in [0.717, 1.165) is 4.88 Å². The Bertz CT molecular complexity index is 317. The molecule has 0 saturated carbocycles. The topological polar surface area (TPSA) is 70.6 Å². The molecule has 0 aromatic carbocycles. The predicted molar refractivity (Wildman–Crippen MR) is 67.2 cm³/mol. The zero-order valence-electron chi connectivity index (χ0n) is 9.81. The van der Waals surface area contributed by atoms with Gasteiger partial charge in [-0.15, -0.1) is 11.3 Å². The van der Waals surface area contributed by atoms with E-state index in [0.29, 0.717) is 26.1 Å². The number of aliphatic hydroxyl groups is 1. The molecule has 96 valence electrons. The summed E-state index contributed by atoms with van der Waals surface area (Å²) in [5, 5.41) is 17.0. The number of hydrogen-bond acceptors (Lipinski definition) is 4. The molecule has 1 unspecified atom stereocenters. The summed E-state index contributed by atoms with van der Waals surface area (Å²) in [6, 6.07) is 3.54. The number of carbonyl (C=O) groups is 1. The number of hydrogen-bond donors (Lipinski definition) is 3. The van der Waals surface area contributed by atoms with E-state index in [1.54, 1.807) is 7.11 Å². The third-order valence-electron chi connectivity index (χ3n) is 2.17. The highest BCUT2D eigenvalue weighted by atomic mass is 32.1. The summed E-state index contributed by atoms with van der Waals surface area (Å²) in [7, 11) is 1.58. The highest BCUT2D eigenvalue weighted by Crippen LogP contribution is 2.20. The number of urea groups is 1. The van der Waals surface area contributed by atoms with Crippen molar-refractivity contribution in [2.24, 2.45) is 0 Å². The standard InChI is InChI=1S/C11H18N2O3S/c1-16-7-6-13-11(15)12-5-4-9(14)10-3-2-8-17-10/h2-3,8-9,14H,4-7H2,1H3,(H2,12,13,15). The van der Waals surface area contributed by atoms with Crippen molar-refractivity contribution in [3.63, 3.8) is 0 Å². The molecule has 0 aliphatic carbocycles. The van der Waals surface area contributed by atoms with Crippen molar-refractivity contribution in [1.29, 1.82) is 0 Å². The first kappa shape index (κ1) is 14.0. The average molecular weight is 258 g/mol. The van der Waals surface area contributed by atoms with Gasteiger partial charge in [-0.3, -0.25) is 0 Å². The maximum absolute atomic E-state index is 11.2. The molecule has 0 spiro atoms. The summed E-state index contributed by atoms with van der Waals surface area (Å²) in [5.74, 6) is 0. The van der Waals surface area contributed by atoms with Crippen molar-refractivity contribution in [3.05, 3.63) is 22.4 Å². The van der Waals surface area contributed by atoms with E-state index in [4.69, 9.17) is 4.74 Å². The van der Waals surface area contributed by atoms with Crippen molar-refractivity contribution < 1.29 is 14.6 Å². The summed E-state index contributed by atoms with van der Waals surface area (Å²) >= 11 is 1.51. The van der Waals surface area contributed by atoms with Crippen LogP contribution in [0.5, 0.6) is 0 Å². The minimum Gasteiger partial charge on any atom is -0.388 e. The van der Waals surface area contributed by atoms with Crippen molar-refractivity contribution in [3.8, 4) is 0 Å². The molecule has 6 heteroatoms. The normalized spacial score (nSPS) is 12.1. The largest absolute Gasteiger partial charge is 0.388 e. The van der Waals surface area contributed by atoms with Gasteiger partial charge in [0, 0.05) is 25.1 Å². The first-order valence-electron chi connectivity index (χ1n) is 5.46. The zero-order valence-corrected chi connectivity index (χ0v) is 10.6. The first-order valence-corrected chi connectivity index (χ1v) is 6.34. The maximum atomic E-state index is 11.2. The lowest BCUT2D eigenvalue weighted by Gasteiger charge is -2.10. The molecule has 3 N–H and O–H groups in total. The number of ether oxygens (including phenoxy) is 1. The van der Waals surface area contributed by atoms with E-state index >= 15 is 0 Å². The number of aliphatic hydroxyl groups excluding tert-OH is 1. The summed E-state index contributed by atoms with van der Waals surface area (Å²) in [4.78, 5) is 12.2. The van der Waals surface area contributed by atoms with Gasteiger partial charge < -0.3 is 20.5 Å². The number of thiophene rings is 1. The molecule has 0 saturated heterocycles. The average Bonchev–Trinajstić information content (AvgIpc) is 2.82. The molecule has 0 bridgehead atoms. The fourth-order valence-electron chi connectivity index (χ4n) is 1.27. The number of carbonyl (C=O) groups excluding carboxylic acids is 1. The van der Waals surface area contributed by atoms with Crippen molar-refractivity contribution in [2.75, 3.05) is 26.8 Å². The van der Waals surface area contributed by atoms with Gasteiger partial charge in [0.25, 0.3) is 0 Å². The van der Waals surface area contributed by atoms with Crippen LogP contribution in [-0.2, 0) is 4.74 Å². The molecule has 1 aromatic heterocycles. The fourth-order valence-corrected chi connectivity index (χ4v) is 2.02. The SMILES string of the molecule is COCCNC(=O)NCCC(O)c1cccs1. The number of nitrogens with one attached hydrogen (secondary N) is 2. The van der Waals surface area contributed by atoms with Crippen LogP contribution in [0.2, 0.25) is 0 Å². The molecule has 0 aliphatic heterocycles. The van der Waals surface area contributed by atoms with Gasteiger partial charge in [-0.1, -0.05) is 6.07 Å². The van der Waals surface area contributed by atoms with Gasteiger partial charge in [-0.25, -0.2) is 4.79 Å². The van der Waals surface area contributed by atoms with Crippen molar-refractivity contribution in [1.82, 2.24) is 10.6 Å². The third-order valence-corrected chi connectivity index (χ3v) is 3.14. The lowest BCUT2D eigenvalue weighted by molar-refractivity contribution is 0.170. The minimum absolute atomic E-state index is 0.236. The summed E-state index contributed by atoms with van der Waals surface area (Å²) < 4.78 is 4.80. The van der Waals surface area contributed by atoms with Crippen LogP contribution in [0.25, 0.3) is 0 Å². The maximum Gasteiger partial charge on any atom is 0.314 e. The number of rotatable bonds is 7. The first-order chi connectivity index (χ1) is 8.24.